The zero-order valence-corrected chi connectivity index (χ0v) is 13.3. The molecule has 22 heavy (non-hydrogen) atoms. The Labute approximate surface area is 136 Å². The minimum Gasteiger partial charge on any atom is -0.411 e. The van der Waals surface area contributed by atoms with Crippen LogP contribution in [0.3, 0.4) is 0 Å². The van der Waals surface area contributed by atoms with Crippen molar-refractivity contribution in [3.8, 4) is 11.5 Å². The second kappa shape index (κ2) is 6.50. The summed E-state index contributed by atoms with van der Waals surface area (Å²) in [6.45, 7) is 2.04. The highest BCUT2D eigenvalue weighted by Crippen LogP contribution is 2.29. The van der Waals surface area contributed by atoms with Gasteiger partial charge in [0.1, 0.15) is 0 Å². The number of hydrogen-bond donors (Lipinski definition) is 0. The van der Waals surface area contributed by atoms with Crippen LogP contribution in [0.1, 0.15) is 11.1 Å². The first-order chi connectivity index (χ1) is 10.6. The largest absolute Gasteiger partial charge is 0.411 e. The third-order valence-electron chi connectivity index (χ3n) is 3.03. The van der Waals surface area contributed by atoms with Gasteiger partial charge in [0.2, 0.25) is 0 Å². The second-order valence-corrected chi connectivity index (χ2v) is 6.09. The monoisotopic (exact) mass is 334 g/mol. The highest BCUT2D eigenvalue weighted by Gasteiger charge is 2.15. The number of halogens is 2. The first-order valence-electron chi connectivity index (χ1n) is 6.60. The van der Waals surface area contributed by atoms with Gasteiger partial charge in [0.25, 0.3) is 11.1 Å². The lowest BCUT2D eigenvalue weighted by molar-refractivity contribution is 0.463. The van der Waals surface area contributed by atoms with E-state index in [1.165, 1.54) is 29.0 Å². The highest BCUT2D eigenvalue weighted by atomic mass is 35.5. The number of aromatic nitrogens is 2. The summed E-state index contributed by atoms with van der Waals surface area (Å²) in [6.07, 6.45) is 0. The van der Waals surface area contributed by atoms with Crippen molar-refractivity contribution in [3.05, 3.63) is 64.4 Å². The van der Waals surface area contributed by atoms with Gasteiger partial charge in [-0.25, -0.2) is 4.39 Å². The summed E-state index contributed by atoms with van der Waals surface area (Å²) in [5, 5.41) is 8.25. The van der Waals surface area contributed by atoms with Gasteiger partial charge in [0.15, 0.2) is 5.82 Å². The highest BCUT2D eigenvalue weighted by molar-refractivity contribution is 7.98. The smallest absolute Gasteiger partial charge is 0.277 e. The molecule has 3 nitrogen and oxygen atoms in total. The van der Waals surface area contributed by atoms with Gasteiger partial charge in [0, 0.05) is 5.75 Å². The van der Waals surface area contributed by atoms with Gasteiger partial charge in [-0.05, 0) is 24.6 Å². The average Bonchev–Trinajstić information content (AvgIpc) is 2.97. The number of nitrogens with zero attached hydrogens (tertiary/aromatic N) is 2. The fraction of sp³-hybridized carbons (Fsp3) is 0.125. The van der Waals surface area contributed by atoms with Crippen LogP contribution in [0.4, 0.5) is 4.39 Å². The fourth-order valence-electron chi connectivity index (χ4n) is 1.99. The predicted molar refractivity (Wildman–Crippen MR) is 85.4 cm³/mol. The average molecular weight is 335 g/mol. The molecule has 0 aliphatic carbocycles. The van der Waals surface area contributed by atoms with Crippen LogP contribution in [0.2, 0.25) is 5.02 Å². The molecule has 1 aromatic heterocycles. The van der Waals surface area contributed by atoms with Crippen molar-refractivity contribution in [1.82, 2.24) is 10.2 Å². The maximum absolute atomic E-state index is 13.9. The van der Waals surface area contributed by atoms with Gasteiger partial charge >= 0.3 is 0 Å². The molecule has 0 N–H and O–H groups in total. The summed E-state index contributed by atoms with van der Waals surface area (Å²) in [6, 6.07) is 12.9. The van der Waals surface area contributed by atoms with Crippen molar-refractivity contribution in [2.24, 2.45) is 0 Å². The summed E-state index contributed by atoms with van der Waals surface area (Å²) in [5.41, 5.74) is 2.58. The molecular formula is C16H12ClFN2OS. The van der Waals surface area contributed by atoms with Crippen LogP contribution in [-0.4, -0.2) is 10.2 Å². The van der Waals surface area contributed by atoms with Crippen molar-refractivity contribution >= 4 is 23.4 Å². The van der Waals surface area contributed by atoms with Gasteiger partial charge in [-0.2, -0.15) is 0 Å². The maximum Gasteiger partial charge on any atom is 0.277 e. The Bertz CT molecular complexity index is 806. The molecule has 2 aromatic carbocycles. The van der Waals surface area contributed by atoms with E-state index >= 15 is 0 Å². The molecule has 0 radical (unpaired) electrons. The van der Waals surface area contributed by atoms with E-state index in [1.807, 2.05) is 25.1 Å². The van der Waals surface area contributed by atoms with Crippen molar-refractivity contribution < 1.29 is 8.81 Å². The van der Waals surface area contributed by atoms with Gasteiger partial charge in [-0.15, -0.1) is 10.2 Å². The standard InChI is InChI=1S/C16H12ClFN2OS/c1-10-4-2-5-11(8-10)9-22-16-20-19-15(21-16)12-6-3-7-13(17)14(12)18/h2-8H,9H2,1H3. The normalized spacial score (nSPS) is 10.9. The molecule has 0 saturated carbocycles. The zero-order valence-electron chi connectivity index (χ0n) is 11.7. The lowest BCUT2D eigenvalue weighted by Crippen LogP contribution is -1.85. The summed E-state index contributed by atoms with van der Waals surface area (Å²) in [4.78, 5) is 0. The van der Waals surface area contributed by atoms with Crippen LogP contribution in [0.25, 0.3) is 11.5 Å². The first kappa shape index (κ1) is 15.1. The van der Waals surface area contributed by atoms with E-state index in [0.717, 1.165) is 0 Å². The molecule has 0 spiro atoms. The Balaban J connectivity index is 1.75. The van der Waals surface area contributed by atoms with E-state index in [-0.39, 0.29) is 16.5 Å². The molecule has 0 bridgehead atoms. The van der Waals surface area contributed by atoms with Crippen LogP contribution in [-0.2, 0) is 5.75 Å². The van der Waals surface area contributed by atoms with E-state index in [2.05, 4.69) is 16.3 Å². The molecule has 0 aliphatic heterocycles. The summed E-state index contributed by atoms with van der Waals surface area (Å²) < 4.78 is 19.4. The minimum atomic E-state index is -0.553. The first-order valence-corrected chi connectivity index (χ1v) is 7.96. The Hall–Kier alpha value is -1.85. The van der Waals surface area contributed by atoms with Crippen LogP contribution >= 0.6 is 23.4 Å². The van der Waals surface area contributed by atoms with Gasteiger partial charge in [0.05, 0.1) is 10.6 Å². The lowest BCUT2D eigenvalue weighted by atomic mass is 10.2. The molecule has 0 unspecified atom stereocenters. The summed E-state index contributed by atoms with van der Waals surface area (Å²) in [7, 11) is 0. The third kappa shape index (κ3) is 3.31. The second-order valence-electron chi connectivity index (χ2n) is 4.75. The maximum atomic E-state index is 13.9. The van der Waals surface area contributed by atoms with Crippen LogP contribution in [0.15, 0.2) is 52.1 Å². The topological polar surface area (TPSA) is 38.9 Å². The summed E-state index contributed by atoms with van der Waals surface area (Å²) >= 11 is 7.17. The summed E-state index contributed by atoms with van der Waals surface area (Å²) in [5.74, 6) is 0.288. The Kier molecular flexibility index (Phi) is 4.45. The molecule has 0 atom stereocenters. The van der Waals surface area contributed by atoms with Crippen LogP contribution in [0, 0.1) is 12.7 Å². The van der Waals surface area contributed by atoms with Gasteiger partial charge in [-0.1, -0.05) is 59.3 Å². The Morgan fingerprint density at radius 1 is 1.18 bits per heavy atom. The van der Waals surface area contributed by atoms with Gasteiger partial charge < -0.3 is 4.42 Å². The molecule has 0 saturated heterocycles. The molecule has 112 valence electrons. The lowest BCUT2D eigenvalue weighted by Gasteiger charge is -2.00. The predicted octanol–water partition coefficient (Wildman–Crippen LogP) is 5.13. The fourth-order valence-corrected chi connectivity index (χ4v) is 2.87. The number of benzene rings is 2. The Morgan fingerprint density at radius 2 is 2.00 bits per heavy atom. The SMILES string of the molecule is Cc1cccc(CSc2nnc(-c3cccc(Cl)c3F)o2)c1. The molecule has 3 rings (SSSR count). The van der Waals surface area contributed by atoms with E-state index < -0.39 is 5.82 Å². The van der Waals surface area contributed by atoms with Crippen molar-refractivity contribution in [1.29, 1.82) is 0 Å². The van der Waals surface area contributed by atoms with Crippen LogP contribution < -0.4 is 0 Å². The zero-order chi connectivity index (χ0) is 15.5. The van der Waals surface area contributed by atoms with Crippen molar-refractivity contribution in [2.75, 3.05) is 0 Å². The third-order valence-corrected chi connectivity index (χ3v) is 4.21. The molecule has 0 fully saturated rings. The molecule has 0 amide bonds. The van der Waals surface area contributed by atoms with E-state index in [0.29, 0.717) is 11.0 Å². The molecule has 3 aromatic rings. The van der Waals surface area contributed by atoms with E-state index in [9.17, 15) is 4.39 Å². The van der Waals surface area contributed by atoms with E-state index in [4.69, 9.17) is 16.0 Å². The number of rotatable bonds is 4. The number of hydrogen-bond acceptors (Lipinski definition) is 4. The van der Waals surface area contributed by atoms with Gasteiger partial charge in [-0.3, -0.25) is 0 Å². The van der Waals surface area contributed by atoms with E-state index in [1.54, 1.807) is 12.1 Å². The molecule has 1 heterocycles. The quantitative estimate of drug-likeness (QED) is 0.620. The Morgan fingerprint density at radius 3 is 2.82 bits per heavy atom. The van der Waals surface area contributed by atoms with Crippen molar-refractivity contribution in [3.63, 3.8) is 0 Å². The number of aryl methyl sites for hydroxylation is 1. The van der Waals surface area contributed by atoms with Crippen LogP contribution in [0.5, 0.6) is 0 Å². The number of thioether (sulfide) groups is 1. The molecule has 6 heteroatoms. The molecular weight excluding hydrogens is 323 g/mol. The molecule has 0 aliphatic rings. The minimum absolute atomic E-state index is 0.0321. The van der Waals surface area contributed by atoms with Crippen molar-refractivity contribution in [2.45, 2.75) is 17.9 Å².